The van der Waals surface area contributed by atoms with Crippen molar-refractivity contribution in [3.05, 3.63) is 23.3 Å². The molecule has 1 atom stereocenters. The second kappa shape index (κ2) is 2.41. The van der Waals surface area contributed by atoms with Gasteiger partial charge in [-0.3, -0.25) is 0 Å². The molecule has 64 valence electrons. The van der Waals surface area contributed by atoms with Crippen molar-refractivity contribution >= 4 is 5.69 Å². The van der Waals surface area contributed by atoms with Gasteiger partial charge in [0.15, 0.2) is 0 Å². The van der Waals surface area contributed by atoms with Gasteiger partial charge in [-0.2, -0.15) is 0 Å². The molecule has 0 aromatic heterocycles. The van der Waals surface area contributed by atoms with Gasteiger partial charge >= 0.3 is 0 Å². The number of hydrogen-bond donors (Lipinski definition) is 1. The summed E-state index contributed by atoms with van der Waals surface area (Å²) in [7, 11) is 0. The third-order valence-corrected chi connectivity index (χ3v) is 2.32. The summed E-state index contributed by atoms with van der Waals surface area (Å²) in [6.07, 6.45) is 1.27. The van der Waals surface area contributed by atoms with E-state index in [-0.39, 0.29) is 6.10 Å². The summed E-state index contributed by atoms with van der Waals surface area (Å²) in [6.45, 7) is 4.07. The van der Waals surface area contributed by atoms with Crippen molar-refractivity contribution in [2.24, 2.45) is 0 Å². The maximum absolute atomic E-state index is 5.87. The minimum absolute atomic E-state index is 0.282. The Morgan fingerprint density at radius 3 is 3.00 bits per heavy atom. The lowest BCUT2D eigenvalue weighted by atomic mass is 10.1. The Balaban J connectivity index is 2.54. The summed E-state index contributed by atoms with van der Waals surface area (Å²) < 4.78 is 5.59. The van der Waals surface area contributed by atoms with Crippen LogP contribution in [-0.4, -0.2) is 6.10 Å². The van der Waals surface area contributed by atoms with Crippen LogP contribution >= 0.6 is 0 Å². The van der Waals surface area contributed by atoms with Crippen molar-refractivity contribution in [1.82, 2.24) is 0 Å². The molecule has 1 aliphatic rings. The summed E-state index contributed by atoms with van der Waals surface area (Å²) >= 11 is 0. The molecule has 1 heterocycles. The van der Waals surface area contributed by atoms with Gasteiger partial charge in [0, 0.05) is 6.42 Å². The Hall–Kier alpha value is -1.18. The van der Waals surface area contributed by atoms with Crippen LogP contribution in [0.5, 0.6) is 5.75 Å². The van der Waals surface area contributed by atoms with E-state index in [0.717, 1.165) is 23.4 Å². The first-order valence-electron chi connectivity index (χ1n) is 4.23. The van der Waals surface area contributed by atoms with Crippen LogP contribution in [0.1, 0.15) is 18.1 Å². The molecule has 0 saturated carbocycles. The van der Waals surface area contributed by atoms with E-state index in [2.05, 4.69) is 19.1 Å². The predicted molar refractivity (Wildman–Crippen MR) is 49.4 cm³/mol. The van der Waals surface area contributed by atoms with E-state index >= 15 is 0 Å². The molecule has 0 bridgehead atoms. The maximum atomic E-state index is 5.87. The minimum Gasteiger partial charge on any atom is -0.488 e. The van der Waals surface area contributed by atoms with Crippen LogP contribution < -0.4 is 10.5 Å². The zero-order valence-corrected chi connectivity index (χ0v) is 7.42. The van der Waals surface area contributed by atoms with Crippen LogP contribution in [0.4, 0.5) is 5.69 Å². The number of hydrogen-bond acceptors (Lipinski definition) is 2. The van der Waals surface area contributed by atoms with E-state index in [1.165, 1.54) is 5.56 Å². The Labute approximate surface area is 72.3 Å². The number of nitrogen functional groups attached to an aromatic ring is 1. The number of nitrogens with two attached hydrogens (primary N) is 1. The maximum Gasteiger partial charge on any atom is 0.146 e. The number of anilines is 1. The number of benzene rings is 1. The summed E-state index contributed by atoms with van der Waals surface area (Å²) in [6, 6.07) is 4.15. The molecule has 1 aliphatic heterocycles. The molecule has 0 saturated heterocycles. The smallest absolute Gasteiger partial charge is 0.146 e. The molecular formula is C10H13NO. The average molecular weight is 163 g/mol. The molecular weight excluding hydrogens is 150 g/mol. The molecule has 2 N–H and O–H groups in total. The Kier molecular flexibility index (Phi) is 1.50. The van der Waals surface area contributed by atoms with E-state index in [1.807, 2.05) is 6.92 Å². The molecule has 0 unspecified atom stereocenters. The Bertz CT molecular complexity index is 320. The van der Waals surface area contributed by atoms with Gasteiger partial charge < -0.3 is 10.5 Å². The van der Waals surface area contributed by atoms with Crippen molar-refractivity contribution < 1.29 is 4.74 Å². The molecule has 0 radical (unpaired) electrons. The van der Waals surface area contributed by atoms with Gasteiger partial charge in [-0.15, -0.1) is 0 Å². The highest BCUT2D eigenvalue weighted by atomic mass is 16.5. The van der Waals surface area contributed by atoms with Gasteiger partial charge in [-0.05, 0) is 25.0 Å². The zero-order valence-electron chi connectivity index (χ0n) is 7.42. The lowest BCUT2D eigenvalue weighted by Gasteiger charge is -2.07. The number of ether oxygens (including phenoxy) is 1. The molecule has 2 rings (SSSR count). The van der Waals surface area contributed by atoms with E-state index in [1.54, 1.807) is 0 Å². The Morgan fingerprint density at radius 2 is 2.25 bits per heavy atom. The predicted octanol–water partition coefficient (Wildman–Crippen LogP) is 1.90. The molecule has 0 spiro atoms. The van der Waals surface area contributed by atoms with Crippen LogP contribution in [0.25, 0.3) is 0 Å². The van der Waals surface area contributed by atoms with E-state index in [4.69, 9.17) is 10.5 Å². The van der Waals surface area contributed by atoms with Crippen molar-refractivity contribution in [3.63, 3.8) is 0 Å². The van der Waals surface area contributed by atoms with Crippen LogP contribution in [0.2, 0.25) is 0 Å². The molecule has 0 amide bonds. The monoisotopic (exact) mass is 163 g/mol. The van der Waals surface area contributed by atoms with Crippen molar-refractivity contribution in [1.29, 1.82) is 0 Å². The highest BCUT2D eigenvalue weighted by Gasteiger charge is 2.21. The lowest BCUT2D eigenvalue weighted by Crippen LogP contribution is -2.06. The van der Waals surface area contributed by atoms with Crippen LogP contribution in [-0.2, 0) is 6.42 Å². The van der Waals surface area contributed by atoms with Crippen LogP contribution in [0.15, 0.2) is 12.1 Å². The molecule has 12 heavy (non-hydrogen) atoms. The zero-order chi connectivity index (χ0) is 8.72. The normalized spacial score (nSPS) is 20.3. The first-order valence-corrected chi connectivity index (χ1v) is 4.23. The topological polar surface area (TPSA) is 35.2 Å². The SMILES string of the molecule is Cc1ccc2c(c1N)O[C@@H](C)C2. The van der Waals surface area contributed by atoms with E-state index < -0.39 is 0 Å². The summed E-state index contributed by atoms with van der Waals surface area (Å²) in [5.74, 6) is 0.905. The highest BCUT2D eigenvalue weighted by molar-refractivity contribution is 5.63. The van der Waals surface area contributed by atoms with Gasteiger partial charge in [0.2, 0.25) is 0 Å². The minimum atomic E-state index is 0.282. The summed E-state index contributed by atoms with van der Waals surface area (Å²) in [5, 5.41) is 0. The molecule has 1 aromatic rings. The second-order valence-electron chi connectivity index (χ2n) is 3.42. The fourth-order valence-electron chi connectivity index (χ4n) is 1.60. The average Bonchev–Trinajstić information content (AvgIpc) is 2.39. The van der Waals surface area contributed by atoms with Gasteiger partial charge in [0.1, 0.15) is 11.9 Å². The van der Waals surface area contributed by atoms with Crippen molar-refractivity contribution in [2.45, 2.75) is 26.4 Å². The van der Waals surface area contributed by atoms with Gasteiger partial charge in [-0.1, -0.05) is 12.1 Å². The van der Waals surface area contributed by atoms with Crippen molar-refractivity contribution in [3.8, 4) is 5.75 Å². The number of fused-ring (bicyclic) bond motifs is 1. The molecule has 0 fully saturated rings. The van der Waals surface area contributed by atoms with Crippen molar-refractivity contribution in [2.75, 3.05) is 5.73 Å². The van der Waals surface area contributed by atoms with Gasteiger partial charge in [0.25, 0.3) is 0 Å². The molecule has 1 aromatic carbocycles. The Morgan fingerprint density at radius 1 is 1.50 bits per heavy atom. The molecule has 0 aliphatic carbocycles. The van der Waals surface area contributed by atoms with E-state index in [9.17, 15) is 0 Å². The quantitative estimate of drug-likeness (QED) is 0.593. The van der Waals surface area contributed by atoms with Crippen LogP contribution in [0, 0.1) is 6.92 Å². The number of rotatable bonds is 0. The highest BCUT2D eigenvalue weighted by Crippen LogP contribution is 2.36. The van der Waals surface area contributed by atoms with Gasteiger partial charge in [0.05, 0.1) is 5.69 Å². The fraction of sp³-hybridized carbons (Fsp3) is 0.400. The number of aryl methyl sites for hydroxylation is 1. The third kappa shape index (κ3) is 0.951. The standard InChI is InChI=1S/C10H13NO/c1-6-3-4-8-5-7(2)12-10(8)9(6)11/h3-4,7H,5,11H2,1-2H3/t7-/m0/s1. The van der Waals surface area contributed by atoms with Gasteiger partial charge in [-0.25, -0.2) is 0 Å². The van der Waals surface area contributed by atoms with Crippen LogP contribution in [0.3, 0.4) is 0 Å². The van der Waals surface area contributed by atoms with E-state index in [0.29, 0.717) is 0 Å². The third-order valence-electron chi connectivity index (χ3n) is 2.32. The first kappa shape index (κ1) is 7.47. The lowest BCUT2D eigenvalue weighted by molar-refractivity contribution is 0.256. The molecule has 2 heteroatoms. The first-order chi connectivity index (χ1) is 5.68. The second-order valence-corrected chi connectivity index (χ2v) is 3.42. The fourth-order valence-corrected chi connectivity index (χ4v) is 1.60. The summed E-state index contributed by atoms with van der Waals surface area (Å²) in [5.41, 5.74) is 9.01. The largest absolute Gasteiger partial charge is 0.488 e. The molecule has 2 nitrogen and oxygen atoms in total. The summed E-state index contributed by atoms with van der Waals surface area (Å²) in [4.78, 5) is 0.